The van der Waals surface area contributed by atoms with Gasteiger partial charge in [-0.25, -0.2) is 0 Å². The van der Waals surface area contributed by atoms with Crippen LogP contribution in [0.15, 0.2) is 24.3 Å². The maximum Gasteiger partial charge on any atom is 0.120 e. The molecule has 0 aliphatic heterocycles. The Hall–Kier alpha value is -1.81. The van der Waals surface area contributed by atoms with Crippen LogP contribution in [0.4, 0.5) is 5.69 Å². The number of nitrogens with one attached hydrogen (secondary N) is 1. The van der Waals surface area contributed by atoms with Crippen LogP contribution in [-0.4, -0.2) is 11.6 Å². The molecule has 2 rings (SSSR count). The molecule has 3 N–H and O–H groups in total. The van der Waals surface area contributed by atoms with E-state index in [-0.39, 0.29) is 5.41 Å². The van der Waals surface area contributed by atoms with E-state index in [1.807, 2.05) is 31.2 Å². The highest BCUT2D eigenvalue weighted by Crippen LogP contribution is 2.30. The van der Waals surface area contributed by atoms with Crippen molar-refractivity contribution >= 4 is 16.6 Å². The number of benzene rings is 1. The number of nitrogens with two attached hydrogens (primary N) is 1. The van der Waals surface area contributed by atoms with Crippen molar-refractivity contribution in [2.75, 3.05) is 12.0 Å². The highest BCUT2D eigenvalue weighted by molar-refractivity contribution is 5.92. The van der Waals surface area contributed by atoms with Gasteiger partial charge in [0.25, 0.3) is 0 Å². The van der Waals surface area contributed by atoms with Crippen LogP contribution in [0.2, 0.25) is 0 Å². The first kappa shape index (κ1) is 13.6. The molecular weight excluding hydrogens is 238 g/mol. The van der Waals surface area contributed by atoms with Crippen LogP contribution >= 0.6 is 0 Å². The summed E-state index contributed by atoms with van der Waals surface area (Å²) in [6.07, 6.45) is 0. The molecule has 19 heavy (non-hydrogen) atoms. The van der Waals surface area contributed by atoms with Gasteiger partial charge in [0.05, 0.1) is 17.8 Å². The second kappa shape index (κ2) is 5.05. The van der Waals surface area contributed by atoms with E-state index in [4.69, 9.17) is 15.6 Å². The topological polar surface area (TPSA) is 60.2 Å². The van der Waals surface area contributed by atoms with Gasteiger partial charge in [0, 0.05) is 16.5 Å². The van der Waals surface area contributed by atoms with Gasteiger partial charge >= 0.3 is 0 Å². The van der Waals surface area contributed by atoms with E-state index in [1.165, 1.54) is 0 Å². The van der Waals surface area contributed by atoms with Gasteiger partial charge in [0.2, 0.25) is 0 Å². The second-order valence-corrected chi connectivity index (χ2v) is 5.56. The Kier molecular flexibility index (Phi) is 3.62. The molecular formula is C15H21N3O. The van der Waals surface area contributed by atoms with Crippen LogP contribution in [0.5, 0.6) is 5.75 Å². The van der Waals surface area contributed by atoms with E-state index in [0.29, 0.717) is 6.61 Å². The lowest BCUT2D eigenvalue weighted by atomic mass is 9.91. The minimum absolute atomic E-state index is 0.0155. The fraction of sp³-hybridized carbons (Fsp3) is 0.400. The van der Waals surface area contributed by atoms with Crippen molar-refractivity contribution in [1.29, 1.82) is 0 Å². The number of rotatable bonds is 3. The number of nitrogen functional groups attached to an aromatic ring is 1. The zero-order valence-electron chi connectivity index (χ0n) is 11.9. The molecule has 0 atom stereocenters. The molecule has 0 bridgehead atoms. The smallest absolute Gasteiger partial charge is 0.120 e. The Labute approximate surface area is 113 Å². The summed E-state index contributed by atoms with van der Waals surface area (Å²) in [7, 11) is 0. The lowest BCUT2D eigenvalue weighted by molar-refractivity contribution is 0.340. The van der Waals surface area contributed by atoms with Gasteiger partial charge in [-0.1, -0.05) is 20.8 Å². The molecule has 1 aromatic carbocycles. The number of ether oxygens (including phenoxy) is 1. The van der Waals surface area contributed by atoms with E-state index in [2.05, 4.69) is 26.2 Å². The fourth-order valence-electron chi connectivity index (χ4n) is 1.96. The van der Waals surface area contributed by atoms with E-state index in [1.54, 1.807) is 0 Å². The van der Waals surface area contributed by atoms with Crippen molar-refractivity contribution in [3.05, 3.63) is 30.0 Å². The first-order chi connectivity index (χ1) is 8.95. The molecule has 2 aromatic rings. The normalized spacial score (nSPS) is 11.6. The molecule has 0 radical (unpaired) electrons. The molecule has 0 fully saturated rings. The van der Waals surface area contributed by atoms with Crippen LogP contribution in [0.1, 0.15) is 33.4 Å². The number of hydrogen-bond acceptors (Lipinski definition) is 4. The summed E-state index contributed by atoms with van der Waals surface area (Å²) in [6.45, 7) is 9.01. The summed E-state index contributed by atoms with van der Waals surface area (Å²) < 4.78 is 5.51. The SMILES string of the molecule is CCOc1ccc2nc(C(C)(C)C)cc(NN)c2c1. The molecule has 0 aliphatic rings. The largest absolute Gasteiger partial charge is 0.494 e. The standard InChI is InChI=1S/C15H21N3O/c1-5-19-10-6-7-12-11(8-10)13(18-16)9-14(17-12)15(2,3)4/h6-9H,5,16H2,1-4H3,(H,17,18). The molecule has 0 aliphatic carbocycles. The molecule has 1 aromatic heterocycles. The van der Waals surface area contributed by atoms with Crippen molar-refractivity contribution in [3.8, 4) is 5.75 Å². The minimum atomic E-state index is -0.0155. The van der Waals surface area contributed by atoms with Crippen LogP contribution in [-0.2, 0) is 5.41 Å². The van der Waals surface area contributed by atoms with Crippen molar-refractivity contribution in [2.24, 2.45) is 5.84 Å². The van der Waals surface area contributed by atoms with E-state index in [9.17, 15) is 0 Å². The van der Waals surface area contributed by atoms with Gasteiger partial charge < -0.3 is 10.2 Å². The maximum absolute atomic E-state index is 5.63. The molecule has 0 spiro atoms. The minimum Gasteiger partial charge on any atom is -0.494 e. The average molecular weight is 259 g/mol. The third kappa shape index (κ3) is 2.79. The van der Waals surface area contributed by atoms with Gasteiger partial charge in [-0.05, 0) is 31.2 Å². The summed E-state index contributed by atoms with van der Waals surface area (Å²) in [5.74, 6) is 6.46. The second-order valence-electron chi connectivity index (χ2n) is 5.56. The number of anilines is 1. The summed E-state index contributed by atoms with van der Waals surface area (Å²) in [5, 5.41) is 0.974. The van der Waals surface area contributed by atoms with Crippen LogP contribution < -0.4 is 16.0 Å². The summed E-state index contributed by atoms with van der Waals surface area (Å²) in [6, 6.07) is 7.87. The highest BCUT2D eigenvalue weighted by Gasteiger charge is 2.18. The Morgan fingerprint density at radius 2 is 2.00 bits per heavy atom. The van der Waals surface area contributed by atoms with Gasteiger partial charge in [-0.2, -0.15) is 0 Å². The zero-order valence-corrected chi connectivity index (χ0v) is 11.9. The molecule has 1 heterocycles. The lowest BCUT2D eigenvalue weighted by Gasteiger charge is -2.20. The van der Waals surface area contributed by atoms with Crippen molar-refractivity contribution in [3.63, 3.8) is 0 Å². The molecule has 102 valence electrons. The van der Waals surface area contributed by atoms with Crippen molar-refractivity contribution in [2.45, 2.75) is 33.1 Å². The molecule has 4 nitrogen and oxygen atoms in total. The van der Waals surface area contributed by atoms with E-state index < -0.39 is 0 Å². The Balaban J connectivity index is 2.63. The van der Waals surface area contributed by atoms with Gasteiger partial charge in [0.15, 0.2) is 0 Å². The highest BCUT2D eigenvalue weighted by atomic mass is 16.5. The Bertz CT molecular complexity index is 588. The predicted molar refractivity (Wildman–Crippen MR) is 79.4 cm³/mol. The zero-order chi connectivity index (χ0) is 14.0. The van der Waals surface area contributed by atoms with Gasteiger partial charge in [-0.15, -0.1) is 0 Å². The van der Waals surface area contributed by atoms with Gasteiger partial charge in [0.1, 0.15) is 5.75 Å². The molecule has 0 amide bonds. The molecule has 0 saturated carbocycles. The fourth-order valence-corrected chi connectivity index (χ4v) is 1.96. The van der Waals surface area contributed by atoms with Crippen molar-refractivity contribution in [1.82, 2.24) is 4.98 Å². The van der Waals surface area contributed by atoms with Crippen LogP contribution in [0.25, 0.3) is 10.9 Å². The van der Waals surface area contributed by atoms with Gasteiger partial charge in [-0.3, -0.25) is 10.8 Å². The Morgan fingerprint density at radius 3 is 2.58 bits per heavy atom. The van der Waals surface area contributed by atoms with E-state index >= 15 is 0 Å². The van der Waals surface area contributed by atoms with E-state index in [0.717, 1.165) is 28.0 Å². The Morgan fingerprint density at radius 1 is 1.26 bits per heavy atom. The summed E-state index contributed by atoms with van der Waals surface area (Å²) >= 11 is 0. The molecule has 4 heteroatoms. The summed E-state index contributed by atoms with van der Waals surface area (Å²) in [4.78, 5) is 4.71. The first-order valence-electron chi connectivity index (χ1n) is 6.50. The average Bonchev–Trinajstić information content (AvgIpc) is 2.36. The number of hydrazine groups is 1. The maximum atomic E-state index is 5.63. The monoisotopic (exact) mass is 259 g/mol. The number of hydrogen-bond donors (Lipinski definition) is 2. The van der Waals surface area contributed by atoms with Crippen LogP contribution in [0, 0.1) is 0 Å². The summed E-state index contributed by atoms with van der Waals surface area (Å²) in [5.41, 5.74) is 5.54. The predicted octanol–water partition coefficient (Wildman–Crippen LogP) is 3.22. The first-order valence-corrected chi connectivity index (χ1v) is 6.50. The van der Waals surface area contributed by atoms with Crippen LogP contribution in [0.3, 0.4) is 0 Å². The molecule has 0 saturated heterocycles. The third-order valence-corrected chi connectivity index (χ3v) is 3.02. The number of fused-ring (bicyclic) bond motifs is 1. The third-order valence-electron chi connectivity index (χ3n) is 3.02. The molecule has 0 unspecified atom stereocenters. The van der Waals surface area contributed by atoms with Crippen molar-refractivity contribution < 1.29 is 4.74 Å². The number of nitrogens with zero attached hydrogens (tertiary/aromatic N) is 1. The quantitative estimate of drug-likeness (QED) is 0.656. The number of aromatic nitrogens is 1. The lowest BCUT2D eigenvalue weighted by Crippen LogP contribution is -2.16. The number of pyridine rings is 1.